The van der Waals surface area contributed by atoms with Gasteiger partial charge in [-0.05, 0) is 18.4 Å². The molecule has 0 radical (unpaired) electrons. The van der Waals surface area contributed by atoms with E-state index in [0.29, 0.717) is 0 Å². The zero-order chi connectivity index (χ0) is 10.1. The van der Waals surface area contributed by atoms with E-state index in [-0.39, 0.29) is 5.38 Å². The molecule has 0 aromatic rings. The van der Waals surface area contributed by atoms with Gasteiger partial charge in [-0.15, -0.1) is 11.6 Å². The third kappa shape index (κ3) is 9.01. The Morgan fingerprint density at radius 1 is 1.54 bits per heavy atom. The molecule has 0 aliphatic carbocycles. The largest absolute Gasteiger partial charge is 0.260 e. The molecule has 1 nitrogen and oxygen atoms in total. The second-order valence-corrected chi connectivity index (χ2v) is 5.27. The first-order valence-corrected chi connectivity index (χ1v) is 6.43. The van der Waals surface area contributed by atoms with Crippen LogP contribution in [0.5, 0.6) is 0 Å². The number of hydrogen-bond acceptors (Lipinski definition) is 3. The molecule has 4 heteroatoms. The van der Waals surface area contributed by atoms with Crippen molar-refractivity contribution in [3.05, 3.63) is 0 Å². The van der Waals surface area contributed by atoms with Crippen LogP contribution >= 0.6 is 35.8 Å². The quantitative estimate of drug-likeness (QED) is 0.413. The lowest BCUT2D eigenvalue weighted by atomic mass is 10.2. The average molecular weight is 240 g/mol. The van der Waals surface area contributed by atoms with Crippen LogP contribution in [0, 0.1) is 0 Å². The summed E-state index contributed by atoms with van der Waals surface area (Å²) in [5, 5.41) is 0.221. The Morgan fingerprint density at radius 3 is 2.77 bits per heavy atom. The molecule has 0 spiro atoms. The Labute approximate surface area is 96.1 Å². The molecule has 0 saturated carbocycles. The minimum absolute atomic E-state index is 0.221. The van der Waals surface area contributed by atoms with E-state index < -0.39 is 0 Å². The number of thiocarbonyl (C=S) groups is 1. The van der Waals surface area contributed by atoms with Crippen LogP contribution in [-0.4, -0.2) is 16.1 Å². The summed E-state index contributed by atoms with van der Waals surface area (Å²) in [5.74, 6) is 0. The van der Waals surface area contributed by atoms with E-state index in [4.69, 9.17) is 23.8 Å². The average Bonchev–Trinajstić information content (AvgIpc) is 2.11. The van der Waals surface area contributed by atoms with Gasteiger partial charge in [-0.3, -0.25) is 4.72 Å². The minimum Gasteiger partial charge on any atom is -0.260 e. The number of nitrogens with one attached hydrogen (secondary N) is 1. The smallest absolute Gasteiger partial charge is 0.0647 e. The Balaban J connectivity index is 3.41. The molecule has 1 atom stereocenters. The van der Waals surface area contributed by atoms with Crippen LogP contribution in [-0.2, 0) is 0 Å². The van der Waals surface area contributed by atoms with Gasteiger partial charge in [0.2, 0.25) is 0 Å². The summed E-state index contributed by atoms with van der Waals surface area (Å²) in [6, 6.07) is 0. The number of alkyl halides is 1. The van der Waals surface area contributed by atoms with Crippen LogP contribution in [0.15, 0.2) is 0 Å². The maximum absolute atomic E-state index is 6.10. The molecule has 1 N–H and O–H groups in total. The van der Waals surface area contributed by atoms with Crippen molar-refractivity contribution in [3.63, 3.8) is 0 Å². The molecular formula is C9H18ClNS2. The van der Waals surface area contributed by atoms with Crippen molar-refractivity contribution < 1.29 is 0 Å². The van der Waals surface area contributed by atoms with E-state index in [0.717, 1.165) is 23.6 Å². The van der Waals surface area contributed by atoms with Crippen LogP contribution in [0.2, 0.25) is 0 Å². The lowest BCUT2D eigenvalue weighted by molar-refractivity contribution is 0.692. The Bertz CT molecular complexity index is 142. The highest BCUT2D eigenvalue weighted by molar-refractivity contribution is 8.21. The first-order valence-electron chi connectivity index (χ1n) is 4.77. The first-order chi connectivity index (χ1) is 6.20. The minimum atomic E-state index is 0.221. The van der Waals surface area contributed by atoms with Crippen LogP contribution in [0.25, 0.3) is 0 Å². The Kier molecular flexibility index (Phi) is 9.74. The fourth-order valence-corrected chi connectivity index (χ4v) is 2.36. The zero-order valence-electron chi connectivity index (χ0n) is 8.31. The monoisotopic (exact) mass is 239 g/mol. The molecule has 0 aromatic heterocycles. The molecule has 13 heavy (non-hydrogen) atoms. The summed E-state index contributed by atoms with van der Waals surface area (Å²) in [5.41, 5.74) is 0. The molecule has 0 aromatic carbocycles. The topological polar surface area (TPSA) is 12.0 Å². The van der Waals surface area contributed by atoms with E-state index in [1.807, 2.05) is 0 Å². The highest BCUT2D eigenvalue weighted by atomic mass is 35.5. The van der Waals surface area contributed by atoms with Gasteiger partial charge >= 0.3 is 0 Å². The molecule has 0 rings (SSSR count). The van der Waals surface area contributed by atoms with Gasteiger partial charge in [0.1, 0.15) is 0 Å². The van der Waals surface area contributed by atoms with E-state index in [1.54, 1.807) is 0 Å². The van der Waals surface area contributed by atoms with Crippen molar-refractivity contribution in [1.29, 1.82) is 0 Å². The highest BCUT2D eigenvalue weighted by Crippen LogP contribution is 2.16. The number of rotatable bonds is 7. The van der Waals surface area contributed by atoms with Gasteiger partial charge < -0.3 is 0 Å². The molecule has 0 saturated heterocycles. The standard InChI is InChI=1S/C9H18ClNS2/c1-3-5-6-8(10)7-9(12)13-11-4-2/h8,11H,3-7H2,1-2H3. The van der Waals surface area contributed by atoms with Crippen LogP contribution < -0.4 is 4.72 Å². The summed E-state index contributed by atoms with van der Waals surface area (Å²) in [6.07, 6.45) is 4.32. The molecule has 0 heterocycles. The molecule has 1 unspecified atom stereocenters. The maximum Gasteiger partial charge on any atom is 0.0647 e. The van der Waals surface area contributed by atoms with E-state index >= 15 is 0 Å². The van der Waals surface area contributed by atoms with Crippen molar-refractivity contribution >= 4 is 40.0 Å². The van der Waals surface area contributed by atoms with Crippen molar-refractivity contribution in [1.82, 2.24) is 4.72 Å². The lowest BCUT2D eigenvalue weighted by Gasteiger charge is -2.08. The third-order valence-electron chi connectivity index (χ3n) is 1.59. The van der Waals surface area contributed by atoms with Crippen molar-refractivity contribution in [2.75, 3.05) is 6.54 Å². The second kappa shape index (κ2) is 9.25. The molecular weight excluding hydrogens is 222 g/mol. The third-order valence-corrected chi connectivity index (χ3v) is 3.21. The van der Waals surface area contributed by atoms with Gasteiger partial charge in [-0.25, -0.2) is 0 Å². The molecule has 78 valence electrons. The summed E-state index contributed by atoms with van der Waals surface area (Å²) in [7, 11) is 0. The maximum atomic E-state index is 6.10. The Morgan fingerprint density at radius 2 is 2.23 bits per heavy atom. The summed E-state index contributed by atoms with van der Waals surface area (Å²) in [4.78, 5) is 0. The normalized spacial score (nSPS) is 12.8. The fourth-order valence-electron chi connectivity index (χ4n) is 0.903. The van der Waals surface area contributed by atoms with Gasteiger partial charge in [0, 0.05) is 18.3 Å². The number of halogens is 1. The molecule has 0 fully saturated rings. The first kappa shape index (κ1) is 13.7. The molecule has 0 aliphatic heterocycles. The van der Waals surface area contributed by atoms with Crippen molar-refractivity contribution in [2.45, 2.75) is 44.9 Å². The second-order valence-electron chi connectivity index (χ2n) is 2.92. The van der Waals surface area contributed by atoms with Crippen LogP contribution in [0.3, 0.4) is 0 Å². The van der Waals surface area contributed by atoms with Gasteiger partial charge in [-0.2, -0.15) is 0 Å². The molecule has 0 aliphatic rings. The summed E-state index contributed by atoms with van der Waals surface area (Å²) in [6.45, 7) is 5.17. The summed E-state index contributed by atoms with van der Waals surface area (Å²) < 4.78 is 4.10. The van der Waals surface area contributed by atoms with E-state index in [2.05, 4.69) is 18.6 Å². The van der Waals surface area contributed by atoms with Gasteiger partial charge in [0.15, 0.2) is 0 Å². The van der Waals surface area contributed by atoms with Crippen molar-refractivity contribution in [2.24, 2.45) is 0 Å². The van der Waals surface area contributed by atoms with E-state index in [1.165, 1.54) is 24.8 Å². The SMILES string of the molecule is CCCCC(Cl)CC(=S)SNCC. The van der Waals surface area contributed by atoms with Crippen LogP contribution in [0.1, 0.15) is 39.5 Å². The zero-order valence-corrected chi connectivity index (χ0v) is 10.7. The summed E-state index contributed by atoms with van der Waals surface area (Å²) >= 11 is 12.8. The Hall–Kier alpha value is 0.690. The van der Waals surface area contributed by atoms with Crippen molar-refractivity contribution in [3.8, 4) is 0 Å². The van der Waals surface area contributed by atoms with E-state index in [9.17, 15) is 0 Å². The lowest BCUT2D eigenvalue weighted by Crippen LogP contribution is -2.09. The van der Waals surface area contributed by atoms with Gasteiger partial charge in [0.25, 0.3) is 0 Å². The predicted molar refractivity (Wildman–Crippen MR) is 67.6 cm³/mol. The number of hydrogen-bond donors (Lipinski definition) is 1. The van der Waals surface area contributed by atoms with Gasteiger partial charge in [0.05, 0.1) is 4.20 Å². The fraction of sp³-hybridized carbons (Fsp3) is 0.889. The van der Waals surface area contributed by atoms with Crippen LogP contribution in [0.4, 0.5) is 0 Å². The van der Waals surface area contributed by atoms with Gasteiger partial charge in [-0.1, -0.05) is 38.9 Å². The highest BCUT2D eigenvalue weighted by Gasteiger charge is 2.07. The predicted octanol–water partition coefficient (Wildman–Crippen LogP) is 3.76. The molecule has 0 bridgehead atoms. The number of unbranched alkanes of at least 4 members (excludes halogenated alkanes) is 1. The molecule has 0 amide bonds.